The maximum absolute atomic E-state index is 13.3. The Balaban J connectivity index is 2.10. The standard InChI is InChI=1S/C12H10ClF3N4OS/c13-8-9(10(17)21)19-20-7(12(14,15)16)4-5(18-11(8)20)6-2-1-3-22-6/h1-3,5,7,18H,4H2,(H2,17,21)/t5-,7-/m0/s1. The van der Waals surface area contributed by atoms with Crippen LogP contribution in [0.2, 0.25) is 5.02 Å². The minimum atomic E-state index is -4.52. The largest absolute Gasteiger partial charge is 0.410 e. The van der Waals surface area contributed by atoms with Gasteiger partial charge in [0.2, 0.25) is 0 Å². The number of hydrogen-bond donors (Lipinski definition) is 2. The van der Waals surface area contributed by atoms with Crippen LogP contribution in [-0.2, 0) is 0 Å². The van der Waals surface area contributed by atoms with Crippen LogP contribution in [0.15, 0.2) is 17.5 Å². The van der Waals surface area contributed by atoms with Crippen LogP contribution in [0, 0.1) is 0 Å². The summed E-state index contributed by atoms with van der Waals surface area (Å²) >= 11 is 7.31. The van der Waals surface area contributed by atoms with E-state index in [9.17, 15) is 18.0 Å². The highest BCUT2D eigenvalue weighted by atomic mass is 35.5. The van der Waals surface area contributed by atoms with Crippen LogP contribution < -0.4 is 11.1 Å². The number of alkyl halides is 3. The summed E-state index contributed by atoms with van der Waals surface area (Å²) in [5, 5.41) is 8.15. The molecule has 3 rings (SSSR count). The van der Waals surface area contributed by atoms with E-state index in [2.05, 4.69) is 10.4 Å². The number of nitrogens with zero attached hydrogens (tertiary/aromatic N) is 2. The van der Waals surface area contributed by atoms with Crippen molar-refractivity contribution in [1.29, 1.82) is 0 Å². The van der Waals surface area contributed by atoms with Crippen LogP contribution in [0.5, 0.6) is 0 Å². The highest BCUT2D eigenvalue weighted by Gasteiger charge is 2.47. The van der Waals surface area contributed by atoms with E-state index in [1.54, 1.807) is 17.5 Å². The molecule has 3 N–H and O–H groups in total. The summed E-state index contributed by atoms with van der Waals surface area (Å²) in [6, 6.07) is 1.06. The summed E-state index contributed by atoms with van der Waals surface area (Å²) in [4.78, 5) is 12.0. The first-order valence-corrected chi connectivity index (χ1v) is 7.49. The predicted molar refractivity (Wildman–Crippen MR) is 76.1 cm³/mol. The number of carbonyl (C=O) groups is 1. The fourth-order valence-corrected chi connectivity index (χ4v) is 3.49. The third-order valence-corrected chi connectivity index (χ3v) is 4.76. The van der Waals surface area contributed by atoms with Gasteiger partial charge in [0.1, 0.15) is 10.8 Å². The van der Waals surface area contributed by atoms with Crippen LogP contribution in [0.3, 0.4) is 0 Å². The molecular weight excluding hydrogens is 341 g/mol. The smallest absolute Gasteiger partial charge is 0.364 e. The van der Waals surface area contributed by atoms with Gasteiger partial charge in [-0.3, -0.25) is 4.79 Å². The second-order valence-corrected chi connectivity index (χ2v) is 6.18. The zero-order chi connectivity index (χ0) is 16.1. The SMILES string of the molecule is NC(=O)c1nn2c(c1Cl)N[C@H](c1cccs1)C[C@H]2C(F)(F)F. The second kappa shape index (κ2) is 5.17. The van der Waals surface area contributed by atoms with Crippen molar-refractivity contribution < 1.29 is 18.0 Å². The molecule has 0 saturated heterocycles. The quantitative estimate of drug-likeness (QED) is 0.872. The van der Waals surface area contributed by atoms with Crippen LogP contribution in [0.4, 0.5) is 19.0 Å². The van der Waals surface area contributed by atoms with Gasteiger partial charge in [0.05, 0.1) is 6.04 Å². The zero-order valence-electron chi connectivity index (χ0n) is 10.9. The highest BCUT2D eigenvalue weighted by molar-refractivity contribution is 7.10. The van der Waals surface area contributed by atoms with Gasteiger partial charge in [-0.15, -0.1) is 11.3 Å². The van der Waals surface area contributed by atoms with Crippen molar-refractivity contribution in [2.24, 2.45) is 5.73 Å². The molecule has 22 heavy (non-hydrogen) atoms. The second-order valence-electron chi connectivity index (χ2n) is 4.83. The molecule has 0 radical (unpaired) electrons. The van der Waals surface area contributed by atoms with Gasteiger partial charge in [-0.25, -0.2) is 4.68 Å². The number of aromatic nitrogens is 2. The molecule has 0 spiro atoms. The molecule has 1 aliphatic heterocycles. The van der Waals surface area contributed by atoms with Gasteiger partial charge in [-0.2, -0.15) is 18.3 Å². The lowest BCUT2D eigenvalue weighted by atomic mass is 10.0. The van der Waals surface area contributed by atoms with Crippen molar-refractivity contribution in [1.82, 2.24) is 9.78 Å². The van der Waals surface area contributed by atoms with E-state index in [0.29, 0.717) is 4.68 Å². The van der Waals surface area contributed by atoms with Crippen LogP contribution in [0.25, 0.3) is 0 Å². The molecule has 3 heterocycles. The molecule has 1 aliphatic rings. The summed E-state index contributed by atoms with van der Waals surface area (Å²) in [6.07, 6.45) is -4.76. The van der Waals surface area contributed by atoms with Crippen molar-refractivity contribution in [2.75, 3.05) is 5.32 Å². The van der Waals surface area contributed by atoms with E-state index in [1.165, 1.54) is 11.3 Å². The molecule has 0 fully saturated rings. The molecule has 0 unspecified atom stereocenters. The number of thiophene rings is 1. The number of nitrogens with one attached hydrogen (secondary N) is 1. The maximum atomic E-state index is 13.3. The van der Waals surface area contributed by atoms with E-state index in [1.807, 2.05) is 0 Å². The molecule has 0 saturated carbocycles. The van der Waals surface area contributed by atoms with Gasteiger partial charge < -0.3 is 11.1 Å². The monoisotopic (exact) mass is 350 g/mol. The minimum absolute atomic E-state index is 0.0394. The van der Waals surface area contributed by atoms with E-state index in [-0.39, 0.29) is 23.0 Å². The normalized spacial score (nSPS) is 21.3. The van der Waals surface area contributed by atoms with E-state index in [4.69, 9.17) is 17.3 Å². The molecule has 2 aromatic rings. The molecule has 5 nitrogen and oxygen atoms in total. The van der Waals surface area contributed by atoms with Gasteiger partial charge in [-0.05, 0) is 11.4 Å². The number of amides is 1. The Morgan fingerprint density at radius 3 is 2.82 bits per heavy atom. The van der Waals surface area contributed by atoms with Gasteiger partial charge in [0, 0.05) is 11.3 Å². The van der Waals surface area contributed by atoms with E-state index in [0.717, 1.165) is 4.88 Å². The van der Waals surface area contributed by atoms with Crippen molar-refractivity contribution in [3.05, 3.63) is 33.1 Å². The summed E-state index contributed by atoms with van der Waals surface area (Å²) in [7, 11) is 0. The van der Waals surface area contributed by atoms with Gasteiger partial charge in [-0.1, -0.05) is 17.7 Å². The maximum Gasteiger partial charge on any atom is 0.410 e. The first kappa shape index (κ1) is 15.2. The van der Waals surface area contributed by atoms with Crippen molar-refractivity contribution in [3.8, 4) is 0 Å². The molecule has 2 atom stereocenters. The predicted octanol–water partition coefficient (Wildman–Crippen LogP) is 3.36. The van der Waals surface area contributed by atoms with Crippen LogP contribution in [-0.4, -0.2) is 21.9 Å². The number of carbonyl (C=O) groups excluding carboxylic acids is 1. The number of halogens is 4. The topological polar surface area (TPSA) is 72.9 Å². The van der Waals surface area contributed by atoms with Gasteiger partial charge >= 0.3 is 6.18 Å². The Hall–Kier alpha value is -1.74. The molecule has 1 amide bonds. The van der Waals surface area contributed by atoms with Crippen molar-refractivity contribution >= 4 is 34.7 Å². The first-order chi connectivity index (χ1) is 10.3. The third kappa shape index (κ3) is 2.44. The van der Waals surface area contributed by atoms with Gasteiger partial charge in [0.25, 0.3) is 5.91 Å². The molecule has 2 aromatic heterocycles. The Morgan fingerprint density at radius 2 is 2.27 bits per heavy atom. The fraction of sp³-hybridized carbons (Fsp3) is 0.333. The number of hydrogen-bond acceptors (Lipinski definition) is 4. The van der Waals surface area contributed by atoms with Gasteiger partial charge in [0.15, 0.2) is 11.7 Å². The number of primary amides is 1. The van der Waals surface area contributed by atoms with E-state index < -0.39 is 24.2 Å². The molecule has 0 bridgehead atoms. The number of fused-ring (bicyclic) bond motifs is 1. The Kier molecular flexibility index (Phi) is 3.56. The number of nitrogens with two attached hydrogens (primary N) is 1. The summed E-state index contributed by atoms with van der Waals surface area (Å²) in [5.41, 5.74) is 4.73. The Bertz CT molecular complexity index is 713. The third-order valence-electron chi connectivity index (χ3n) is 3.42. The summed E-state index contributed by atoms with van der Waals surface area (Å²) in [6.45, 7) is 0. The van der Waals surface area contributed by atoms with Crippen molar-refractivity contribution in [3.63, 3.8) is 0 Å². The first-order valence-electron chi connectivity index (χ1n) is 6.23. The van der Waals surface area contributed by atoms with Crippen LogP contribution >= 0.6 is 22.9 Å². The number of anilines is 1. The molecule has 0 aliphatic carbocycles. The summed E-state index contributed by atoms with van der Waals surface area (Å²) in [5.74, 6) is -1.01. The molecule has 0 aromatic carbocycles. The van der Waals surface area contributed by atoms with Crippen molar-refractivity contribution in [2.45, 2.75) is 24.7 Å². The summed E-state index contributed by atoms with van der Waals surface area (Å²) < 4.78 is 40.7. The Morgan fingerprint density at radius 1 is 1.55 bits per heavy atom. The Labute approximate surface area is 131 Å². The molecule has 10 heteroatoms. The zero-order valence-corrected chi connectivity index (χ0v) is 12.5. The highest BCUT2D eigenvalue weighted by Crippen LogP contribution is 2.46. The van der Waals surface area contributed by atoms with Crippen LogP contribution in [0.1, 0.15) is 33.9 Å². The molecule has 118 valence electrons. The van der Waals surface area contributed by atoms with E-state index >= 15 is 0 Å². The average molecular weight is 351 g/mol. The fourth-order valence-electron chi connectivity index (χ4n) is 2.42. The lowest BCUT2D eigenvalue weighted by molar-refractivity contribution is -0.173. The minimum Gasteiger partial charge on any atom is -0.364 e. The number of rotatable bonds is 2. The molecular formula is C12H10ClF3N4OS. The lowest BCUT2D eigenvalue weighted by Gasteiger charge is -2.32. The lowest BCUT2D eigenvalue weighted by Crippen LogP contribution is -2.35. The average Bonchev–Trinajstić information content (AvgIpc) is 3.05.